The Morgan fingerprint density at radius 1 is 1.00 bits per heavy atom. The number of nitriles is 1. The number of carbonyl (C=O) groups is 1. The van der Waals surface area contributed by atoms with E-state index in [0.717, 1.165) is 16.8 Å². The highest BCUT2D eigenvalue weighted by molar-refractivity contribution is 6.08. The normalized spacial score (nSPS) is 12.1. The minimum atomic E-state index is -0.109. The van der Waals surface area contributed by atoms with Crippen LogP contribution in [0.15, 0.2) is 48.5 Å². The van der Waals surface area contributed by atoms with Crippen molar-refractivity contribution in [2.45, 2.75) is 6.42 Å². The smallest absolute Gasteiger partial charge is 0.259 e. The van der Waals surface area contributed by atoms with Crippen LogP contribution < -0.4 is 4.90 Å². The van der Waals surface area contributed by atoms with Crippen LogP contribution >= 0.6 is 0 Å². The molecule has 0 unspecified atom stereocenters. The van der Waals surface area contributed by atoms with Crippen LogP contribution in [-0.2, 0) is 0 Å². The number of nitrogens with zero attached hydrogens (tertiary/aromatic N) is 2. The van der Waals surface area contributed by atoms with Gasteiger partial charge in [-0.15, -0.1) is 0 Å². The molecule has 2 aromatic rings. The third kappa shape index (κ3) is 2.38. The van der Waals surface area contributed by atoms with E-state index in [-0.39, 0.29) is 12.3 Å². The Morgan fingerprint density at radius 2 is 1.67 bits per heavy atom. The van der Waals surface area contributed by atoms with Gasteiger partial charge < -0.3 is 4.90 Å². The van der Waals surface area contributed by atoms with Gasteiger partial charge in [-0.05, 0) is 24.3 Å². The van der Waals surface area contributed by atoms with Crippen molar-refractivity contribution in [3.05, 3.63) is 65.2 Å². The van der Waals surface area contributed by atoms with Gasteiger partial charge in [0.25, 0.3) is 5.91 Å². The van der Waals surface area contributed by atoms with Gasteiger partial charge in [-0.1, -0.05) is 36.1 Å². The monoisotopic (exact) mass is 272 g/mol. The Kier molecular flexibility index (Phi) is 3.41. The Morgan fingerprint density at radius 3 is 2.48 bits per heavy atom. The van der Waals surface area contributed by atoms with E-state index in [4.69, 9.17) is 5.26 Å². The molecular weight excluding hydrogens is 260 g/mol. The van der Waals surface area contributed by atoms with Gasteiger partial charge >= 0.3 is 0 Å². The second-order valence-electron chi connectivity index (χ2n) is 4.68. The number of hydrogen-bond acceptors (Lipinski definition) is 2. The van der Waals surface area contributed by atoms with Crippen molar-refractivity contribution in [3.63, 3.8) is 0 Å². The predicted molar refractivity (Wildman–Crippen MR) is 80.8 cm³/mol. The number of benzene rings is 2. The molecule has 0 fully saturated rings. The van der Waals surface area contributed by atoms with E-state index in [1.54, 1.807) is 11.0 Å². The molecule has 1 heterocycles. The highest BCUT2D eigenvalue weighted by atomic mass is 16.2. The molecule has 21 heavy (non-hydrogen) atoms. The summed E-state index contributed by atoms with van der Waals surface area (Å²) < 4.78 is 0. The van der Waals surface area contributed by atoms with Crippen LogP contribution in [0.4, 0.5) is 5.69 Å². The van der Waals surface area contributed by atoms with E-state index in [2.05, 4.69) is 17.9 Å². The van der Waals surface area contributed by atoms with Crippen molar-refractivity contribution in [3.8, 4) is 17.9 Å². The molecule has 0 bridgehead atoms. The summed E-state index contributed by atoms with van der Waals surface area (Å²) in [6.45, 7) is 0.363. The number of para-hydroxylation sites is 1. The zero-order valence-corrected chi connectivity index (χ0v) is 11.3. The van der Waals surface area contributed by atoms with Gasteiger partial charge in [0, 0.05) is 17.7 Å². The zero-order valence-electron chi connectivity index (χ0n) is 11.3. The van der Waals surface area contributed by atoms with E-state index >= 15 is 0 Å². The highest BCUT2D eigenvalue weighted by Crippen LogP contribution is 2.25. The second kappa shape index (κ2) is 5.53. The van der Waals surface area contributed by atoms with Crippen LogP contribution in [0, 0.1) is 23.2 Å². The maximum atomic E-state index is 12.8. The molecule has 0 atom stereocenters. The zero-order chi connectivity index (χ0) is 14.7. The average molecular weight is 272 g/mol. The van der Waals surface area contributed by atoms with Crippen molar-refractivity contribution in [2.75, 3.05) is 11.4 Å². The van der Waals surface area contributed by atoms with Gasteiger partial charge in [0.15, 0.2) is 0 Å². The predicted octanol–water partition coefficient (Wildman–Crippen LogP) is 2.96. The fraction of sp³-hybridized carbons (Fsp3) is 0.111. The number of hydrogen-bond donors (Lipinski definition) is 0. The van der Waals surface area contributed by atoms with E-state index in [1.807, 2.05) is 42.5 Å². The Bertz CT molecular complexity index is 806. The molecule has 2 aromatic carbocycles. The first-order valence-corrected chi connectivity index (χ1v) is 6.70. The third-order valence-corrected chi connectivity index (χ3v) is 3.38. The number of rotatable bonds is 2. The first kappa shape index (κ1) is 13.0. The fourth-order valence-corrected chi connectivity index (χ4v) is 2.37. The summed E-state index contributed by atoms with van der Waals surface area (Å²) >= 11 is 0. The molecule has 0 saturated carbocycles. The molecule has 0 aromatic heterocycles. The molecule has 1 aliphatic heterocycles. The lowest BCUT2D eigenvalue weighted by Gasteiger charge is -2.24. The molecule has 1 amide bonds. The minimum absolute atomic E-state index is 0.109. The molecule has 0 aliphatic carbocycles. The maximum absolute atomic E-state index is 12.8. The number of anilines is 1. The molecule has 100 valence electrons. The van der Waals surface area contributed by atoms with Crippen molar-refractivity contribution in [2.24, 2.45) is 0 Å². The van der Waals surface area contributed by atoms with Gasteiger partial charge in [0.1, 0.15) is 0 Å². The Balaban J connectivity index is 2.20. The van der Waals surface area contributed by atoms with Crippen LogP contribution in [0.5, 0.6) is 0 Å². The van der Waals surface area contributed by atoms with E-state index < -0.39 is 0 Å². The number of carbonyl (C=O) groups excluding carboxylic acids is 1. The van der Waals surface area contributed by atoms with Crippen LogP contribution in [0.3, 0.4) is 0 Å². The van der Waals surface area contributed by atoms with Crippen molar-refractivity contribution < 1.29 is 4.79 Å². The van der Waals surface area contributed by atoms with Crippen molar-refractivity contribution in [1.29, 1.82) is 5.26 Å². The molecule has 1 aliphatic rings. The summed E-state index contributed by atoms with van der Waals surface area (Å²) in [6.07, 6.45) is 0.287. The quantitative estimate of drug-likeness (QED) is 0.789. The molecule has 0 spiro atoms. The summed E-state index contributed by atoms with van der Waals surface area (Å²) in [6, 6.07) is 16.9. The molecule has 3 heteroatoms. The molecule has 0 N–H and O–H groups in total. The van der Waals surface area contributed by atoms with Gasteiger partial charge in [-0.3, -0.25) is 4.79 Å². The van der Waals surface area contributed by atoms with Gasteiger partial charge in [-0.25, -0.2) is 0 Å². The summed E-state index contributed by atoms with van der Waals surface area (Å²) in [7, 11) is 0. The first-order chi connectivity index (χ1) is 10.3. The topological polar surface area (TPSA) is 44.1 Å². The summed E-state index contributed by atoms with van der Waals surface area (Å²) in [5.74, 6) is 6.08. The molecule has 0 saturated heterocycles. The average Bonchev–Trinajstić information content (AvgIpc) is 2.53. The lowest BCUT2D eigenvalue weighted by molar-refractivity contribution is 0.0987. The summed E-state index contributed by atoms with van der Waals surface area (Å²) in [4.78, 5) is 14.5. The molecule has 0 radical (unpaired) electrons. The van der Waals surface area contributed by atoms with Gasteiger partial charge in [0.2, 0.25) is 0 Å². The fourth-order valence-electron chi connectivity index (χ4n) is 2.37. The molecule has 3 rings (SSSR count). The molecular formula is C18H12N2O. The van der Waals surface area contributed by atoms with Crippen LogP contribution in [0.2, 0.25) is 0 Å². The maximum Gasteiger partial charge on any atom is 0.259 e. The largest absolute Gasteiger partial charge is 0.306 e. The lowest BCUT2D eigenvalue weighted by Crippen LogP contribution is -2.33. The number of amides is 1. The third-order valence-electron chi connectivity index (χ3n) is 3.38. The highest BCUT2D eigenvalue weighted by Gasteiger charge is 2.22. The van der Waals surface area contributed by atoms with E-state index in [1.165, 1.54) is 0 Å². The Hall–Kier alpha value is -3.04. The van der Waals surface area contributed by atoms with Crippen LogP contribution in [-0.4, -0.2) is 12.5 Å². The van der Waals surface area contributed by atoms with Crippen LogP contribution in [0.1, 0.15) is 27.9 Å². The van der Waals surface area contributed by atoms with Crippen molar-refractivity contribution >= 4 is 11.6 Å². The van der Waals surface area contributed by atoms with Crippen molar-refractivity contribution in [1.82, 2.24) is 0 Å². The van der Waals surface area contributed by atoms with Gasteiger partial charge in [0.05, 0.1) is 23.7 Å². The summed E-state index contributed by atoms with van der Waals surface area (Å²) in [5.41, 5.74) is 2.87. The standard InChI is InChI=1S/C18H12N2O/c19-12-5-13-20-17-9-4-2-7-15(17)11-10-14-6-1-3-8-16(14)18(20)21/h1-4,6-9H,5,13H2. The lowest BCUT2D eigenvalue weighted by atomic mass is 10.0. The molecule has 3 nitrogen and oxygen atoms in total. The summed E-state index contributed by atoms with van der Waals surface area (Å²) in [5, 5.41) is 8.84. The Labute approximate surface area is 123 Å². The van der Waals surface area contributed by atoms with Crippen LogP contribution in [0.25, 0.3) is 0 Å². The minimum Gasteiger partial charge on any atom is -0.306 e. The van der Waals surface area contributed by atoms with E-state index in [9.17, 15) is 4.79 Å². The number of fused-ring (bicyclic) bond motifs is 2. The SMILES string of the molecule is N#CCCN1C(=O)c2ccccc2C#Cc2ccccc21. The second-order valence-corrected chi connectivity index (χ2v) is 4.68. The van der Waals surface area contributed by atoms with E-state index in [0.29, 0.717) is 12.1 Å². The first-order valence-electron chi connectivity index (χ1n) is 6.70. The van der Waals surface area contributed by atoms with Gasteiger partial charge in [-0.2, -0.15) is 5.26 Å².